The number of benzene rings is 1. The third kappa shape index (κ3) is 2.26. The molecule has 1 amide bonds. The quantitative estimate of drug-likeness (QED) is 0.840. The zero-order chi connectivity index (χ0) is 13.2. The highest BCUT2D eigenvalue weighted by Crippen LogP contribution is 2.18. The van der Waals surface area contributed by atoms with Crippen LogP contribution in [0.15, 0.2) is 36.7 Å². The van der Waals surface area contributed by atoms with Crippen LogP contribution >= 0.6 is 0 Å². The molecular formula is C15H17N3O. The van der Waals surface area contributed by atoms with Gasteiger partial charge in [-0.05, 0) is 25.0 Å². The van der Waals surface area contributed by atoms with Gasteiger partial charge in [-0.2, -0.15) is 0 Å². The Kier molecular flexibility index (Phi) is 3.07. The van der Waals surface area contributed by atoms with E-state index in [0.29, 0.717) is 0 Å². The molecule has 0 fully saturated rings. The molecule has 19 heavy (non-hydrogen) atoms. The molecule has 0 aliphatic carbocycles. The number of fused-ring (bicyclic) bond motifs is 1. The fourth-order valence-corrected chi connectivity index (χ4v) is 2.56. The predicted molar refractivity (Wildman–Crippen MR) is 73.0 cm³/mol. The number of nitrogens with zero attached hydrogens (tertiary/aromatic N) is 3. The number of aryl methyl sites for hydroxylation is 1. The molecule has 4 heteroatoms. The summed E-state index contributed by atoms with van der Waals surface area (Å²) >= 11 is 0. The molecule has 1 aliphatic rings. The lowest BCUT2D eigenvalue weighted by Crippen LogP contribution is -2.39. The first-order chi connectivity index (χ1) is 9.25. The molecule has 0 bridgehead atoms. The number of amides is 1. The first-order valence-corrected chi connectivity index (χ1v) is 6.60. The van der Waals surface area contributed by atoms with Crippen molar-refractivity contribution in [1.29, 1.82) is 0 Å². The maximum atomic E-state index is 12.4. The number of aromatic nitrogens is 2. The van der Waals surface area contributed by atoms with Crippen molar-refractivity contribution in [1.82, 2.24) is 14.5 Å². The van der Waals surface area contributed by atoms with E-state index in [1.165, 1.54) is 5.56 Å². The van der Waals surface area contributed by atoms with Crippen molar-refractivity contribution in [3.8, 4) is 0 Å². The largest absolute Gasteiger partial charge is 0.337 e. The summed E-state index contributed by atoms with van der Waals surface area (Å²) in [4.78, 5) is 18.5. The first-order valence-electron chi connectivity index (χ1n) is 6.60. The van der Waals surface area contributed by atoms with Gasteiger partial charge in [0.25, 0.3) is 5.91 Å². The summed E-state index contributed by atoms with van der Waals surface area (Å²) in [6.07, 6.45) is 4.70. The second-order valence-electron chi connectivity index (χ2n) is 4.87. The summed E-state index contributed by atoms with van der Waals surface area (Å²) in [5.41, 5.74) is 2.03. The lowest BCUT2D eigenvalue weighted by Gasteiger charge is -2.28. The summed E-state index contributed by atoms with van der Waals surface area (Å²) in [5.74, 6) is 1.14. The molecule has 0 N–H and O–H groups in total. The van der Waals surface area contributed by atoms with Crippen molar-refractivity contribution >= 4 is 5.91 Å². The average Bonchev–Trinajstić information content (AvgIpc) is 2.84. The van der Waals surface area contributed by atoms with Crippen LogP contribution < -0.4 is 0 Å². The molecule has 0 saturated carbocycles. The number of carbonyl (C=O) groups is 1. The zero-order valence-electron chi connectivity index (χ0n) is 11.0. The normalized spacial score (nSPS) is 14.6. The minimum Gasteiger partial charge on any atom is -0.337 e. The van der Waals surface area contributed by atoms with E-state index in [4.69, 9.17) is 0 Å². The van der Waals surface area contributed by atoms with E-state index in [1.807, 2.05) is 42.3 Å². The number of rotatable bonds is 3. The van der Waals surface area contributed by atoms with Gasteiger partial charge in [-0.15, -0.1) is 0 Å². The van der Waals surface area contributed by atoms with Gasteiger partial charge in [0.1, 0.15) is 5.82 Å². The molecule has 0 spiro atoms. The van der Waals surface area contributed by atoms with E-state index in [2.05, 4.69) is 9.55 Å². The Morgan fingerprint density at radius 3 is 2.89 bits per heavy atom. The molecule has 0 radical (unpaired) electrons. The molecule has 3 rings (SSSR count). The maximum Gasteiger partial charge on any atom is 0.254 e. The zero-order valence-corrected chi connectivity index (χ0v) is 11.0. The summed E-state index contributed by atoms with van der Waals surface area (Å²) in [6, 6.07) is 7.90. The SMILES string of the molecule is Cc1nccn1CCN1CCc2ccccc2C1=O. The van der Waals surface area contributed by atoms with Gasteiger partial charge in [0.2, 0.25) is 0 Å². The fraction of sp³-hybridized carbons (Fsp3) is 0.333. The Balaban J connectivity index is 1.71. The lowest BCUT2D eigenvalue weighted by atomic mass is 9.99. The van der Waals surface area contributed by atoms with E-state index in [-0.39, 0.29) is 5.91 Å². The van der Waals surface area contributed by atoms with Crippen LogP contribution in [0.25, 0.3) is 0 Å². The Bertz CT molecular complexity index is 603. The van der Waals surface area contributed by atoms with Crippen molar-refractivity contribution in [2.24, 2.45) is 0 Å². The molecule has 2 heterocycles. The van der Waals surface area contributed by atoms with Crippen molar-refractivity contribution in [2.45, 2.75) is 19.9 Å². The van der Waals surface area contributed by atoms with Crippen LogP contribution in [-0.4, -0.2) is 33.4 Å². The number of carbonyl (C=O) groups excluding carboxylic acids is 1. The van der Waals surface area contributed by atoms with Gasteiger partial charge in [0.15, 0.2) is 0 Å². The molecule has 1 aromatic heterocycles. The van der Waals surface area contributed by atoms with Crippen LogP contribution in [0.1, 0.15) is 21.7 Å². The van der Waals surface area contributed by atoms with Crippen LogP contribution in [0, 0.1) is 6.92 Å². The number of hydrogen-bond donors (Lipinski definition) is 0. The highest BCUT2D eigenvalue weighted by Gasteiger charge is 2.23. The van der Waals surface area contributed by atoms with Crippen LogP contribution in [-0.2, 0) is 13.0 Å². The second-order valence-corrected chi connectivity index (χ2v) is 4.87. The highest BCUT2D eigenvalue weighted by molar-refractivity contribution is 5.96. The molecule has 0 saturated heterocycles. The number of hydrogen-bond acceptors (Lipinski definition) is 2. The lowest BCUT2D eigenvalue weighted by molar-refractivity contribution is 0.0733. The molecule has 1 aliphatic heterocycles. The standard InChI is InChI=1S/C15H17N3O/c1-12-16-7-9-17(12)10-11-18-8-6-13-4-2-3-5-14(13)15(18)19/h2-5,7,9H,6,8,10-11H2,1H3. The fourth-order valence-electron chi connectivity index (χ4n) is 2.56. The van der Waals surface area contributed by atoms with E-state index >= 15 is 0 Å². The van der Waals surface area contributed by atoms with Gasteiger partial charge < -0.3 is 9.47 Å². The molecule has 98 valence electrons. The van der Waals surface area contributed by atoms with E-state index in [0.717, 1.165) is 37.4 Å². The van der Waals surface area contributed by atoms with Gasteiger partial charge in [0.05, 0.1) is 0 Å². The molecule has 1 aromatic carbocycles. The molecular weight excluding hydrogens is 238 g/mol. The van der Waals surface area contributed by atoms with Gasteiger partial charge in [-0.3, -0.25) is 4.79 Å². The van der Waals surface area contributed by atoms with E-state index in [9.17, 15) is 4.79 Å². The summed E-state index contributed by atoms with van der Waals surface area (Å²) in [6.45, 7) is 4.33. The van der Waals surface area contributed by atoms with Crippen LogP contribution in [0.3, 0.4) is 0 Å². The molecule has 0 atom stereocenters. The van der Waals surface area contributed by atoms with Crippen LogP contribution in [0.2, 0.25) is 0 Å². The summed E-state index contributed by atoms with van der Waals surface area (Å²) < 4.78 is 2.08. The van der Waals surface area contributed by atoms with Gasteiger partial charge >= 0.3 is 0 Å². The Hall–Kier alpha value is -2.10. The van der Waals surface area contributed by atoms with Gasteiger partial charge in [-0.1, -0.05) is 18.2 Å². The second kappa shape index (κ2) is 4.88. The van der Waals surface area contributed by atoms with Crippen molar-refractivity contribution in [3.63, 3.8) is 0 Å². The van der Waals surface area contributed by atoms with Crippen LogP contribution in [0.4, 0.5) is 0 Å². The summed E-state index contributed by atoms with van der Waals surface area (Å²) in [5, 5.41) is 0. The van der Waals surface area contributed by atoms with Crippen molar-refractivity contribution < 1.29 is 4.79 Å². The van der Waals surface area contributed by atoms with Gasteiger partial charge in [0, 0.05) is 37.6 Å². The van der Waals surface area contributed by atoms with Crippen molar-refractivity contribution in [3.05, 3.63) is 53.6 Å². The topological polar surface area (TPSA) is 38.1 Å². The minimum atomic E-state index is 0.152. The van der Waals surface area contributed by atoms with Crippen molar-refractivity contribution in [2.75, 3.05) is 13.1 Å². The molecule has 2 aromatic rings. The monoisotopic (exact) mass is 255 g/mol. The Morgan fingerprint density at radius 1 is 1.26 bits per heavy atom. The smallest absolute Gasteiger partial charge is 0.254 e. The van der Waals surface area contributed by atoms with Gasteiger partial charge in [-0.25, -0.2) is 4.98 Å². The Morgan fingerprint density at radius 2 is 2.11 bits per heavy atom. The summed E-state index contributed by atoms with van der Waals surface area (Å²) in [7, 11) is 0. The molecule has 4 nitrogen and oxygen atoms in total. The predicted octanol–water partition coefficient (Wildman–Crippen LogP) is 1.89. The van der Waals surface area contributed by atoms with E-state index < -0.39 is 0 Å². The third-order valence-corrected chi connectivity index (χ3v) is 3.72. The Labute approximate surface area is 112 Å². The average molecular weight is 255 g/mol. The minimum absolute atomic E-state index is 0.152. The van der Waals surface area contributed by atoms with E-state index in [1.54, 1.807) is 6.20 Å². The molecule has 0 unspecified atom stereocenters. The highest BCUT2D eigenvalue weighted by atomic mass is 16.2. The van der Waals surface area contributed by atoms with Crippen LogP contribution in [0.5, 0.6) is 0 Å². The first kappa shape index (κ1) is 12.0. The number of imidazole rings is 1. The maximum absolute atomic E-state index is 12.4. The third-order valence-electron chi connectivity index (χ3n) is 3.72.